The molecule has 1 unspecified atom stereocenters. The fraction of sp³-hybridized carbons (Fsp3) is 0.933. The van der Waals surface area contributed by atoms with Gasteiger partial charge in [0.1, 0.15) is 0 Å². The molecular formula is C15H27N3O2. The predicted octanol–water partition coefficient (Wildman–Crippen LogP) is 0.581. The van der Waals surface area contributed by atoms with E-state index >= 15 is 0 Å². The van der Waals surface area contributed by atoms with Crippen LogP contribution in [-0.4, -0.2) is 66.7 Å². The van der Waals surface area contributed by atoms with Crippen LogP contribution in [-0.2, 0) is 9.53 Å². The third-order valence-corrected chi connectivity index (χ3v) is 5.03. The van der Waals surface area contributed by atoms with Gasteiger partial charge in [-0.15, -0.1) is 0 Å². The Hall–Kier alpha value is -0.650. The number of carbonyl (C=O) groups is 1. The molecule has 2 N–H and O–H groups in total. The van der Waals surface area contributed by atoms with Crippen molar-refractivity contribution in [1.82, 2.24) is 9.80 Å². The highest BCUT2D eigenvalue weighted by Gasteiger charge is 2.42. The van der Waals surface area contributed by atoms with Gasteiger partial charge in [0.25, 0.3) is 0 Å². The molecule has 3 fully saturated rings. The van der Waals surface area contributed by atoms with Gasteiger partial charge in [0.15, 0.2) is 0 Å². The summed E-state index contributed by atoms with van der Waals surface area (Å²) in [6, 6.07) is 0. The second-order valence-electron chi connectivity index (χ2n) is 6.59. The summed E-state index contributed by atoms with van der Waals surface area (Å²) in [5, 5.41) is 0. The second-order valence-corrected chi connectivity index (χ2v) is 6.59. The van der Waals surface area contributed by atoms with Gasteiger partial charge in [0, 0.05) is 32.8 Å². The summed E-state index contributed by atoms with van der Waals surface area (Å²) in [7, 11) is 0. The van der Waals surface area contributed by atoms with E-state index in [-0.39, 0.29) is 5.91 Å². The van der Waals surface area contributed by atoms with Crippen LogP contribution in [0, 0.1) is 0 Å². The van der Waals surface area contributed by atoms with Gasteiger partial charge in [-0.25, -0.2) is 0 Å². The van der Waals surface area contributed by atoms with E-state index in [1.54, 1.807) is 0 Å². The summed E-state index contributed by atoms with van der Waals surface area (Å²) < 4.78 is 5.71. The summed E-state index contributed by atoms with van der Waals surface area (Å²) in [5.74, 6) is 0.183. The van der Waals surface area contributed by atoms with Crippen molar-refractivity contribution < 1.29 is 9.53 Å². The van der Waals surface area contributed by atoms with Crippen LogP contribution in [0.2, 0.25) is 0 Å². The lowest BCUT2D eigenvalue weighted by Crippen LogP contribution is -2.60. The Labute approximate surface area is 121 Å². The van der Waals surface area contributed by atoms with Crippen molar-refractivity contribution in [3.8, 4) is 0 Å². The molecule has 1 atom stereocenters. The van der Waals surface area contributed by atoms with Crippen molar-refractivity contribution in [3.05, 3.63) is 0 Å². The quantitative estimate of drug-likeness (QED) is 0.822. The predicted molar refractivity (Wildman–Crippen MR) is 77.4 cm³/mol. The lowest BCUT2D eigenvalue weighted by molar-refractivity contribution is -0.140. The molecule has 5 nitrogen and oxygen atoms in total. The van der Waals surface area contributed by atoms with E-state index in [0.29, 0.717) is 6.10 Å². The molecule has 3 rings (SSSR count). The Bertz CT molecular complexity index is 351. The molecule has 0 aromatic heterocycles. The van der Waals surface area contributed by atoms with Gasteiger partial charge >= 0.3 is 0 Å². The van der Waals surface area contributed by atoms with E-state index in [2.05, 4.69) is 4.90 Å². The average Bonchev–Trinajstić information content (AvgIpc) is 2.80. The van der Waals surface area contributed by atoms with Crippen LogP contribution < -0.4 is 5.73 Å². The number of amides is 1. The van der Waals surface area contributed by atoms with Crippen LogP contribution >= 0.6 is 0 Å². The fourth-order valence-corrected chi connectivity index (χ4v) is 3.52. The van der Waals surface area contributed by atoms with Crippen molar-refractivity contribution in [1.29, 1.82) is 0 Å². The zero-order valence-corrected chi connectivity index (χ0v) is 12.4. The van der Waals surface area contributed by atoms with Gasteiger partial charge in [-0.3, -0.25) is 9.69 Å². The lowest BCUT2D eigenvalue weighted by atomic mass is 9.76. The minimum Gasteiger partial charge on any atom is -0.377 e. The van der Waals surface area contributed by atoms with Crippen molar-refractivity contribution in [2.45, 2.75) is 50.2 Å². The fourth-order valence-electron chi connectivity index (χ4n) is 3.52. The number of rotatable bonds is 3. The smallest absolute Gasteiger partial charge is 0.242 e. The molecule has 3 aliphatic rings. The van der Waals surface area contributed by atoms with Gasteiger partial charge in [-0.05, 0) is 45.1 Å². The van der Waals surface area contributed by atoms with Gasteiger partial charge in [0.05, 0.1) is 11.6 Å². The Morgan fingerprint density at radius 1 is 1.15 bits per heavy atom. The van der Waals surface area contributed by atoms with Crippen LogP contribution in [0.25, 0.3) is 0 Å². The van der Waals surface area contributed by atoms with Crippen LogP contribution in [0.4, 0.5) is 0 Å². The molecule has 5 heteroatoms. The molecule has 1 amide bonds. The van der Waals surface area contributed by atoms with Crippen LogP contribution in [0.1, 0.15) is 38.5 Å². The van der Waals surface area contributed by atoms with Crippen LogP contribution in [0.5, 0.6) is 0 Å². The topological polar surface area (TPSA) is 58.8 Å². The summed E-state index contributed by atoms with van der Waals surface area (Å²) in [6.07, 6.45) is 6.66. The SMILES string of the molecule is NC1(C(=O)N2CCCN(CC3CCCO3)CC2)CCC1. The monoisotopic (exact) mass is 281 g/mol. The van der Waals surface area contributed by atoms with Crippen LogP contribution in [0.15, 0.2) is 0 Å². The molecular weight excluding hydrogens is 254 g/mol. The second kappa shape index (κ2) is 6.00. The maximum atomic E-state index is 12.5. The number of carbonyl (C=O) groups excluding carboxylic acids is 1. The van der Waals surface area contributed by atoms with E-state index in [4.69, 9.17) is 10.5 Å². The first-order valence-corrected chi connectivity index (χ1v) is 8.10. The molecule has 0 aromatic rings. The van der Waals surface area contributed by atoms with E-state index in [0.717, 1.165) is 65.0 Å². The molecule has 0 aromatic carbocycles. The Balaban J connectivity index is 1.49. The molecule has 2 aliphatic heterocycles. The first-order chi connectivity index (χ1) is 9.67. The van der Waals surface area contributed by atoms with Gasteiger partial charge < -0.3 is 15.4 Å². The first kappa shape index (κ1) is 14.3. The number of hydrogen-bond donors (Lipinski definition) is 1. The van der Waals surface area contributed by atoms with Gasteiger partial charge in [-0.2, -0.15) is 0 Å². The van der Waals surface area contributed by atoms with E-state index in [9.17, 15) is 4.79 Å². The van der Waals surface area contributed by atoms with Gasteiger partial charge in [0.2, 0.25) is 5.91 Å². The minimum atomic E-state index is -0.538. The standard InChI is InChI=1S/C15H27N3O2/c16-15(5-2-6-15)14(19)18-8-3-7-17(9-10-18)12-13-4-1-11-20-13/h13H,1-12,16H2. The minimum absolute atomic E-state index is 0.183. The lowest BCUT2D eigenvalue weighted by Gasteiger charge is -2.40. The molecule has 114 valence electrons. The van der Waals surface area contributed by atoms with E-state index < -0.39 is 5.54 Å². The highest BCUT2D eigenvalue weighted by molar-refractivity contribution is 5.87. The summed E-state index contributed by atoms with van der Waals surface area (Å²) >= 11 is 0. The Morgan fingerprint density at radius 3 is 2.65 bits per heavy atom. The maximum Gasteiger partial charge on any atom is 0.242 e. The highest BCUT2D eigenvalue weighted by Crippen LogP contribution is 2.31. The number of hydrogen-bond acceptors (Lipinski definition) is 4. The maximum absolute atomic E-state index is 12.5. The molecule has 2 heterocycles. The van der Waals surface area contributed by atoms with E-state index in [1.165, 1.54) is 12.8 Å². The Kier molecular flexibility index (Phi) is 4.29. The number of nitrogens with two attached hydrogens (primary N) is 1. The van der Waals surface area contributed by atoms with Crippen molar-refractivity contribution in [2.75, 3.05) is 39.3 Å². The van der Waals surface area contributed by atoms with Gasteiger partial charge in [-0.1, -0.05) is 0 Å². The molecule has 0 bridgehead atoms. The molecule has 1 saturated carbocycles. The van der Waals surface area contributed by atoms with Crippen LogP contribution in [0.3, 0.4) is 0 Å². The summed E-state index contributed by atoms with van der Waals surface area (Å²) in [4.78, 5) is 16.9. The summed E-state index contributed by atoms with van der Waals surface area (Å²) in [5.41, 5.74) is 5.63. The normalized spacial score (nSPS) is 30.9. The molecule has 1 aliphatic carbocycles. The van der Waals surface area contributed by atoms with Crippen molar-refractivity contribution in [3.63, 3.8) is 0 Å². The number of ether oxygens (including phenoxy) is 1. The molecule has 20 heavy (non-hydrogen) atoms. The molecule has 0 radical (unpaired) electrons. The Morgan fingerprint density at radius 2 is 2.00 bits per heavy atom. The first-order valence-electron chi connectivity index (χ1n) is 8.10. The van der Waals surface area contributed by atoms with Crippen molar-refractivity contribution in [2.24, 2.45) is 5.73 Å². The zero-order valence-electron chi connectivity index (χ0n) is 12.4. The third-order valence-electron chi connectivity index (χ3n) is 5.03. The number of nitrogens with zero attached hydrogens (tertiary/aromatic N) is 2. The van der Waals surface area contributed by atoms with Crippen molar-refractivity contribution >= 4 is 5.91 Å². The average molecular weight is 281 g/mol. The highest BCUT2D eigenvalue weighted by atomic mass is 16.5. The zero-order chi connectivity index (χ0) is 14.0. The molecule has 2 saturated heterocycles. The summed E-state index contributed by atoms with van der Waals surface area (Å²) in [6.45, 7) is 5.65. The largest absolute Gasteiger partial charge is 0.377 e. The molecule has 0 spiro atoms. The van der Waals surface area contributed by atoms with E-state index in [1.807, 2.05) is 4.90 Å². The third kappa shape index (κ3) is 3.00.